The Bertz CT molecular complexity index is 992. The number of nitrogens with one attached hydrogen (secondary N) is 1. The van der Waals surface area contributed by atoms with Gasteiger partial charge in [-0.25, -0.2) is 0 Å². The van der Waals surface area contributed by atoms with Crippen LogP contribution in [0.5, 0.6) is 17.2 Å². The molecule has 2 aromatic carbocycles. The minimum Gasteiger partial charge on any atom is -0.497 e. The Morgan fingerprint density at radius 2 is 2.00 bits per heavy atom. The Morgan fingerprint density at radius 3 is 2.72 bits per heavy atom. The summed E-state index contributed by atoms with van der Waals surface area (Å²) in [6.07, 6.45) is -0.724. The second-order valence-electron chi connectivity index (χ2n) is 6.01. The zero-order valence-electron chi connectivity index (χ0n) is 16.1. The summed E-state index contributed by atoms with van der Waals surface area (Å²) in [7, 11) is 3.11. The molecule has 3 aromatic rings. The number of hydrogen-bond acceptors (Lipinski definition) is 7. The topological polar surface area (TPSA) is 95.7 Å². The van der Waals surface area contributed by atoms with Crippen LogP contribution < -0.4 is 19.5 Å². The van der Waals surface area contributed by atoms with Gasteiger partial charge in [0.2, 0.25) is 11.7 Å². The first kappa shape index (κ1) is 20.5. The molecule has 0 spiro atoms. The van der Waals surface area contributed by atoms with Crippen molar-refractivity contribution in [1.82, 2.24) is 15.5 Å². The number of hydrogen-bond donors (Lipinski definition) is 1. The van der Waals surface area contributed by atoms with E-state index in [1.165, 1.54) is 0 Å². The first-order valence-electron chi connectivity index (χ1n) is 8.75. The molecule has 9 heteroatoms. The molecule has 0 fully saturated rings. The van der Waals surface area contributed by atoms with Crippen LogP contribution in [0.2, 0.25) is 5.02 Å². The van der Waals surface area contributed by atoms with Gasteiger partial charge in [0.05, 0.1) is 26.3 Å². The van der Waals surface area contributed by atoms with Gasteiger partial charge in [-0.2, -0.15) is 4.98 Å². The molecule has 1 aromatic heterocycles. The van der Waals surface area contributed by atoms with Gasteiger partial charge in [-0.15, -0.1) is 0 Å². The largest absolute Gasteiger partial charge is 0.497 e. The van der Waals surface area contributed by atoms with E-state index in [4.69, 9.17) is 30.3 Å². The molecule has 0 aliphatic rings. The third kappa shape index (κ3) is 5.17. The molecule has 1 amide bonds. The van der Waals surface area contributed by atoms with Crippen LogP contribution in [0.15, 0.2) is 47.0 Å². The lowest BCUT2D eigenvalue weighted by Gasteiger charge is -2.14. The van der Waals surface area contributed by atoms with E-state index in [0.717, 1.165) is 0 Å². The fraction of sp³-hybridized carbons (Fsp3) is 0.250. The fourth-order valence-corrected chi connectivity index (χ4v) is 2.70. The first-order valence-corrected chi connectivity index (χ1v) is 9.13. The summed E-state index contributed by atoms with van der Waals surface area (Å²) >= 11 is 5.92. The monoisotopic (exact) mass is 417 g/mol. The number of amides is 1. The quantitative estimate of drug-likeness (QED) is 0.599. The summed E-state index contributed by atoms with van der Waals surface area (Å²) in [5.74, 6) is 1.97. The average molecular weight is 418 g/mol. The maximum Gasteiger partial charge on any atom is 0.261 e. The molecule has 3 rings (SSSR count). The third-order valence-corrected chi connectivity index (χ3v) is 4.24. The van der Waals surface area contributed by atoms with Crippen LogP contribution in [0.25, 0.3) is 11.4 Å². The van der Waals surface area contributed by atoms with Gasteiger partial charge < -0.3 is 24.1 Å². The highest BCUT2D eigenvalue weighted by Gasteiger charge is 2.18. The molecule has 0 saturated heterocycles. The molecular formula is C20H20ClN3O5. The minimum absolute atomic E-state index is 0.0630. The predicted octanol–water partition coefficient (Wildman–Crippen LogP) is 3.49. The van der Waals surface area contributed by atoms with Crippen molar-refractivity contribution in [1.29, 1.82) is 0 Å². The van der Waals surface area contributed by atoms with Crippen molar-refractivity contribution < 1.29 is 23.5 Å². The normalized spacial score (nSPS) is 11.6. The molecule has 0 radical (unpaired) electrons. The number of nitrogens with zero attached hydrogens (tertiary/aromatic N) is 2. The highest BCUT2D eigenvalue weighted by atomic mass is 35.5. The Hall–Kier alpha value is -3.26. The van der Waals surface area contributed by atoms with Crippen LogP contribution in [-0.2, 0) is 11.3 Å². The maximum absolute atomic E-state index is 12.3. The number of aromatic nitrogens is 2. The van der Waals surface area contributed by atoms with Gasteiger partial charge in [0.15, 0.2) is 6.10 Å². The molecule has 1 atom stereocenters. The van der Waals surface area contributed by atoms with Crippen molar-refractivity contribution in [2.75, 3.05) is 14.2 Å². The van der Waals surface area contributed by atoms with Crippen LogP contribution in [0.3, 0.4) is 0 Å². The molecule has 1 unspecified atom stereocenters. The van der Waals surface area contributed by atoms with Crippen molar-refractivity contribution in [2.24, 2.45) is 0 Å². The van der Waals surface area contributed by atoms with E-state index < -0.39 is 6.10 Å². The molecule has 0 bridgehead atoms. The summed E-state index contributed by atoms with van der Waals surface area (Å²) in [4.78, 5) is 16.6. The first-order chi connectivity index (χ1) is 14.0. The lowest BCUT2D eigenvalue weighted by molar-refractivity contribution is -0.127. The molecule has 152 valence electrons. The van der Waals surface area contributed by atoms with E-state index in [-0.39, 0.29) is 18.3 Å². The molecule has 1 heterocycles. The summed E-state index contributed by atoms with van der Waals surface area (Å²) in [6.45, 7) is 1.70. The van der Waals surface area contributed by atoms with Crippen molar-refractivity contribution in [3.05, 3.63) is 53.4 Å². The second kappa shape index (κ2) is 9.29. The van der Waals surface area contributed by atoms with Gasteiger partial charge in [-0.05, 0) is 37.3 Å². The average Bonchev–Trinajstić information content (AvgIpc) is 3.20. The van der Waals surface area contributed by atoms with Crippen LogP contribution in [0, 0.1) is 0 Å². The number of benzene rings is 2. The van der Waals surface area contributed by atoms with Crippen LogP contribution in [-0.4, -0.2) is 36.4 Å². The zero-order valence-corrected chi connectivity index (χ0v) is 16.9. The van der Waals surface area contributed by atoms with Gasteiger partial charge in [-0.1, -0.05) is 22.8 Å². The summed E-state index contributed by atoms with van der Waals surface area (Å²) in [6, 6.07) is 12.1. The van der Waals surface area contributed by atoms with Crippen LogP contribution in [0.1, 0.15) is 12.8 Å². The van der Waals surface area contributed by atoms with E-state index >= 15 is 0 Å². The molecule has 0 aliphatic carbocycles. The molecule has 0 saturated carbocycles. The Labute approximate surface area is 172 Å². The fourth-order valence-electron chi connectivity index (χ4n) is 2.52. The van der Waals surface area contributed by atoms with Crippen molar-refractivity contribution in [2.45, 2.75) is 19.6 Å². The number of methoxy groups -OCH3 is 2. The summed E-state index contributed by atoms with van der Waals surface area (Å²) < 4.78 is 21.3. The van der Waals surface area contributed by atoms with Gasteiger partial charge in [0.1, 0.15) is 17.2 Å². The summed E-state index contributed by atoms with van der Waals surface area (Å²) in [5.41, 5.74) is 0.646. The highest BCUT2D eigenvalue weighted by Crippen LogP contribution is 2.31. The Balaban J connectivity index is 1.61. The standard InChI is InChI=1S/C20H20ClN3O5/c1-12(28-15-6-4-5-13(21)9-15)20(25)22-11-18-23-19(24-29-18)16-8-7-14(26-2)10-17(16)27-3/h4-10,12H,11H2,1-3H3,(H,22,25). The van der Waals surface area contributed by atoms with Gasteiger partial charge >= 0.3 is 0 Å². The van der Waals surface area contributed by atoms with Crippen molar-refractivity contribution in [3.63, 3.8) is 0 Å². The van der Waals surface area contributed by atoms with Gasteiger partial charge in [0.25, 0.3) is 5.91 Å². The van der Waals surface area contributed by atoms with Crippen LogP contribution >= 0.6 is 11.6 Å². The maximum atomic E-state index is 12.3. The van der Waals surface area contributed by atoms with Crippen LogP contribution in [0.4, 0.5) is 0 Å². The van der Waals surface area contributed by atoms with Crippen molar-refractivity contribution >= 4 is 17.5 Å². The number of carbonyl (C=O) groups is 1. The smallest absolute Gasteiger partial charge is 0.261 e. The lowest BCUT2D eigenvalue weighted by Crippen LogP contribution is -2.35. The summed E-state index contributed by atoms with van der Waals surface area (Å²) in [5, 5.41) is 7.18. The SMILES string of the molecule is COc1ccc(-c2noc(CNC(=O)C(C)Oc3cccc(Cl)c3)n2)c(OC)c1. The number of carbonyl (C=O) groups excluding carboxylic acids is 1. The minimum atomic E-state index is -0.724. The van der Waals surface area contributed by atoms with Gasteiger partial charge in [0, 0.05) is 11.1 Å². The molecular weight excluding hydrogens is 398 g/mol. The molecule has 29 heavy (non-hydrogen) atoms. The van der Waals surface area contributed by atoms with E-state index in [9.17, 15) is 4.79 Å². The highest BCUT2D eigenvalue weighted by molar-refractivity contribution is 6.30. The van der Waals surface area contributed by atoms with E-state index in [1.54, 1.807) is 63.6 Å². The Kier molecular flexibility index (Phi) is 6.56. The number of halogens is 1. The van der Waals surface area contributed by atoms with E-state index in [0.29, 0.717) is 33.7 Å². The van der Waals surface area contributed by atoms with E-state index in [2.05, 4.69) is 15.5 Å². The number of rotatable bonds is 8. The lowest BCUT2D eigenvalue weighted by atomic mass is 10.2. The second-order valence-corrected chi connectivity index (χ2v) is 6.45. The molecule has 0 aliphatic heterocycles. The van der Waals surface area contributed by atoms with E-state index in [1.807, 2.05) is 0 Å². The van der Waals surface area contributed by atoms with Gasteiger partial charge in [-0.3, -0.25) is 4.79 Å². The Morgan fingerprint density at radius 1 is 1.17 bits per heavy atom. The number of ether oxygens (including phenoxy) is 3. The third-order valence-electron chi connectivity index (χ3n) is 4.01. The predicted molar refractivity (Wildman–Crippen MR) is 106 cm³/mol. The molecule has 1 N–H and O–H groups in total. The molecule has 8 nitrogen and oxygen atoms in total. The van der Waals surface area contributed by atoms with Crippen molar-refractivity contribution in [3.8, 4) is 28.6 Å². The zero-order chi connectivity index (χ0) is 20.8.